The van der Waals surface area contributed by atoms with Gasteiger partial charge in [-0.25, -0.2) is 8.42 Å². The van der Waals surface area contributed by atoms with Crippen molar-refractivity contribution >= 4 is 37.5 Å². The highest BCUT2D eigenvalue weighted by Crippen LogP contribution is 2.23. The first kappa shape index (κ1) is 19.5. The Bertz CT molecular complexity index is 773. The third kappa shape index (κ3) is 4.92. The zero-order chi connectivity index (χ0) is 18.7. The van der Waals surface area contributed by atoms with Crippen molar-refractivity contribution in [1.82, 2.24) is 10.2 Å². The van der Waals surface area contributed by atoms with Crippen LogP contribution in [0.1, 0.15) is 36.0 Å². The smallest absolute Gasteiger partial charge is 0.220 e. The predicted molar refractivity (Wildman–Crippen MR) is 103 cm³/mol. The van der Waals surface area contributed by atoms with Crippen molar-refractivity contribution < 1.29 is 18.0 Å². The second-order valence-corrected chi connectivity index (χ2v) is 10.1. The molecule has 2 atom stereocenters. The SMILES string of the molecule is O=C(CCC(=O)c1ccc(Br)cc1)NC1CS(=O)(=O)CC1N1CCCC1. The lowest BCUT2D eigenvalue weighted by atomic mass is 10.1. The molecule has 2 aliphatic heterocycles. The Hall–Kier alpha value is -1.25. The van der Waals surface area contributed by atoms with Crippen LogP contribution in [0, 0.1) is 0 Å². The Kier molecular flexibility index (Phi) is 6.14. The summed E-state index contributed by atoms with van der Waals surface area (Å²) in [6.07, 6.45) is 2.32. The molecule has 2 saturated heterocycles. The molecule has 0 aliphatic carbocycles. The number of Topliss-reactive ketones (excluding diaryl/α,β-unsaturated/α-hetero) is 1. The number of hydrogen-bond acceptors (Lipinski definition) is 5. The van der Waals surface area contributed by atoms with Crippen molar-refractivity contribution in [3.8, 4) is 0 Å². The van der Waals surface area contributed by atoms with E-state index in [1.807, 2.05) is 0 Å². The third-order valence-electron chi connectivity index (χ3n) is 5.02. The van der Waals surface area contributed by atoms with Crippen molar-refractivity contribution in [2.24, 2.45) is 0 Å². The summed E-state index contributed by atoms with van der Waals surface area (Å²) in [4.78, 5) is 26.6. The van der Waals surface area contributed by atoms with Gasteiger partial charge in [0.05, 0.1) is 17.5 Å². The lowest BCUT2D eigenvalue weighted by Gasteiger charge is -2.28. The summed E-state index contributed by atoms with van der Waals surface area (Å²) in [5.74, 6) is -0.263. The first-order valence-electron chi connectivity index (χ1n) is 8.87. The number of carbonyl (C=O) groups excluding carboxylic acids is 2. The molecule has 0 spiro atoms. The maximum Gasteiger partial charge on any atom is 0.220 e. The second kappa shape index (κ2) is 8.19. The quantitative estimate of drug-likeness (QED) is 0.678. The van der Waals surface area contributed by atoms with Gasteiger partial charge in [-0.3, -0.25) is 14.5 Å². The van der Waals surface area contributed by atoms with Gasteiger partial charge in [-0.15, -0.1) is 0 Å². The monoisotopic (exact) mass is 442 g/mol. The molecule has 6 nitrogen and oxygen atoms in total. The van der Waals surface area contributed by atoms with Gasteiger partial charge in [0.25, 0.3) is 0 Å². The van der Waals surface area contributed by atoms with E-state index in [-0.39, 0.29) is 48.1 Å². The van der Waals surface area contributed by atoms with Crippen molar-refractivity contribution in [3.63, 3.8) is 0 Å². The van der Waals surface area contributed by atoms with Crippen molar-refractivity contribution in [2.45, 2.75) is 37.8 Å². The van der Waals surface area contributed by atoms with Crippen molar-refractivity contribution in [1.29, 1.82) is 0 Å². The average molecular weight is 443 g/mol. The first-order chi connectivity index (χ1) is 12.3. The van der Waals surface area contributed by atoms with E-state index in [2.05, 4.69) is 26.1 Å². The van der Waals surface area contributed by atoms with Crippen LogP contribution in [0.15, 0.2) is 28.7 Å². The molecule has 2 fully saturated rings. The Morgan fingerprint density at radius 2 is 1.73 bits per heavy atom. The van der Waals surface area contributed by atoms with Crippen LogP contribution in [0.5, 0.6) is 0 Å². The number of hydrogen-bond donors (Lipinski definition) is 1. The van der Waals surface area contributed by atoms with E-state index in [1.54, 1.807) is 24.3 Å². The van der Waals surface area contributed by atoms with Crippen LogP contribution in [0.4, 0.5) is 0 Å². The molecule has 26 heavy (non-hydrogen) atoms. The number of nitrogens with zero attached hydrogens (tertiary/aromatic N) is 1. The number of benzene rings is 1. The summed E-state index contributed by atoms with van der Waals surface area (Å²) in [5, 5.41) is 2.86. The minimum absolute atomic E-state index is 0.0133. The predicted octanol–water partition coefficient (Wildman–Crippen LogP) is 1.79. The van der Waals surface area contributed by atoms with E-state index < -0.39 is 9.84 Å². The first-order valence-corrected chi connectivity index (χ1v) is 11.5. The molecule has 2 unspecified atom stereocenters. The molecule has 1 aromatic rings. The molecule has 0 bridgehead atoms. The van der Waals surface area contributed by atoms with Gasteiger partial charge in [0.15, 0.2) is 15.6 Å². The maximum absolute atomic E-state index is 12.3. The fourth-order valence-electron chi connectivity index (χ4n) is 3.69. The Morgan fingerprint density at radius 1 is 1.08 bits per heavy atom. The number of halogens is 1. The molecular formula is C18H23BrN2O4S. The van der Waals surface area contributed by atoms with Gasteiger partial charge >= 0.3 is 0 Å². The largest absolute Gasteiger partial charge is 0.351 e. The molecule has 8 heteroatoms. The van der Waals surface area contributed by atoms with E-state index in [0.717, 1.165) is 30.4 Å². The minimum atomic E-state index is -3.13. The molecule has 0 radical (unpaired) electrons. The standard InChI is InChI=1S/C18H23BrN2O4S/c19-14-5-3-13(4-6-14)17(22)7-8-18(23)20-15-11-26(24,25)12-16(15)21-9-1-2-10-21/h3-6,15-16H,1-2,7-12H2,(H,20,23). The molecule has 1 N–H and O–H groups in total. The number of sulfone groups is 1. The van der Waals surface area contributed by atoms with Gasteiger partial charge in [-0.05, 0) is 38.1 Å². The van der Waals surface area contributed by atoms with Crippen LogP contribution < -0.4 is 5.32 Å². The van der Waals surface area contributed by atoms with Crippen molar-refractivity contribution in [3.05, 3.63) is 34.3 Å². The van der Waals surface area contributed by atoms with E-state index in [1.165, 1.54) is 0 Å². The van der Waals surface area contributed by atoms with E-state index in [9.17, 15) is 18.0 Å². The minimum Gasteiger partial charge on any atom is -0.351 e. The Balaban J connectivity index is 1.54. The van der Waals surface area contributed by atoms with E-state index in [4.69, 9.17) is 0 Å². The molecule has 1 aromatic carbocycles. The van der Waals surface area contributed by atoms with Gasteiger partial charge < -0.3 is 5.32 Å². The molecule has 1 amide bonds. The van der Waals surface area contributed by atoms with Crippen LogP contribution in [0.25, 0.3) is 0 Å². The van der Waals surface area contributed by atoms with E-state index >= 15 is 0 Å². The molecule has 0 saturated carbocycles. The summed E-state index contributed by atoms with van der Waals surface area (Å²) in [5.41, 5.74) is 0.569. The summed E-state index contributed by atoms with van der Waals surface area (Å²) in [7, 11) is -3.13. The van der Waals surface area contributed by atoms with Crippen molar-refractivity contribution in [2.75, 3.05) is 24.6 Å². The fourth-order valence-corrected chi connectivity index (χ4v) is 5.90. The highest BCUT2D eigenvalue weighted by atomic mass is 79.9. The van der Waals surface area contributed by atoms with Crippen LogP contribution in [0.3, 0.4) is 0 Å². The molecular weight excluding hydrogens is 420 g/mol. The summed E-state index contributed by atoms with van der Waals surface area (Å²) in [6, 6.07) is 6.49. The lowest BCUT2D eigenvalue weighted by Crippen LogP contribution is -2.50. The number of nitrogens with one attached hydrogen (secondary N) is 1. The molecule has 3 rings (SSSR count). The topological polar surface area (TPSA) is 83.5 Å². The zero-order valence-corrected chi connectivity index (χ0v) is 16.9. The zero-order valence-electron chi connectivity index (χ0n) is 14.5. The van der Waals surface area contributed by atoms with Gasteiger partial charge in [-0.2, -0.15) is 0 Å². The van der Waals surface area contributed by atoms with Gasteiger partial charge in [0, 0.05) is 28.9 Å². The molecule has 2 heterocycles. The highest BCUT2D eigenvalue weighted by Gasteiger charge is 2.42. The van der Waals surface area contributed by atoms with E-state index in [0.29, 0.717) is 5.56 Å². The number of ketones is 1. The third-order valence-corrected chi connectivity index (χ3v) is 7.27. The number of carbonyl (C=O) groups is 2. The van der Waals surface area contributed by atoms with Gasteiger partial charge in [-0.1, -0.05) is 28.1 Å². The number of likely N-dealkylation sites (tertiary alicyclic amines) is 1. The summed E-state index contributed by atoms with van der Waals surface area (Å²) < 4.78 is 25.0. The van der Waals surface area contributed by atoms with Gasteiger partial charge in [0.1, 0.15) is 0 Å². The Morgan fingerprint density at radius 3 is 2.38 bits per heavy atom. The molecule has 0 aromatic heterocycles. The number of rotatable bonds is 6. The highest BCUT2D eigenvalue weighted by molar-refractivity contribution is 9.10. The van der Waals surface area contributed by atoms with Crippen LogP contribution in [-0.2, 0) is 14.6 Å². The summed E-state index contributed by atoms with van der Waals surface area (Å²) >= 11 is 3.32. The van der Waals surface area contributed by atoms with Gasteiger partial charge in [0.2, 0.25) is 5.91 Å². The van der Waals surface area contributed by atoms with Crippen LogP contribution in [0.2, 0.25) is 0 Å². The Labute approximate surface area is 162 Å². The number of amides is 1. The average Bonchev–Trinajstić information content (AvgIpc) is 3.21. The summed E-state index contributed by atoms with van der Waals surface area (Å²) in [6.45, 7) is 1.77. The maximum atomic E-state index is 12.3. The second-order valence-electron chi connectivity index (χ2n) is 6.99. The normalized spacial score (nSPS) is 25.3. The lowest BCUT2D eigenvalue weighted by molar-refractivity contribution is -0.121. The molecule has 142 valence electrons. The van der Waals surface area contributed by atoms with Crippen LogP contribution in [-0.4, -0.2) is 61.7 Å². The van der Waals surface area contributed by atoms with Crippen LogP contribution >= 0.6 is 15.9 Å². The fraction of sp³-hybridized carbons (Fsp3) is 0.556. The molecule has 2 aliphatic rings.